The van der Waals surface area contributed by atoms with Crippen molar-refractivity contribution >= 4 is 17.5 Å². The minimum atomic E-state index is 0.0117. The summed E-state index contributed by atoms with van der Waals surface area (Å²) in [5.74, 6) is 0.683. The Kier molecular flexibility index (Phi) is 4.69. The average Bonchev–Trinajstić information content (AvgIpc) is 2.63. The van der Waals surface area contributed by atoms with Gasteiger partial charge in [0.15, 0.2) is 0 Å². The van der Waals surface area contributed by atoms with Gasteiger partial charge in [0.1, 0.15) is 5.15 Å². The van der Waals surface area contributed by atoms with Crippen molar-refractivity contribution in [2.24, 2.45) is 11.3 Å². The second-order valence-corrected chi connectivity index (χ2v) is 6.99. The summed E-state index contributed by atoms with van der Waals surface area (Å²) in [6, 6.07) is 3.51. The van der Waals surface area contributed by atoms with Crippen molar-refractivity contribution in [2.75, 3.05) is 13.1 Å². The molecule has 2 rings (SSSR count). The average molecular weight is 295 g/mol. The highest BCUT2D eigenvalue weighted by Gasteiger charge is 2.29. The van der Waals surface area contributed by atoms with E-state index < -0.39 is 0 Å². The lowest BCUT2D eigenvalue weighted by atomic mass is 9.77. The lowest BCUT2D eigenvalue weighted by Gasteiger charge is -2.29. The minimum absolute atomic E-state index is 0.0117. The lowest BCUT2D eigenvalue weighted by molar-refractivity contribution is 0.0755. The fraction of sp³-hybridized carbons (Fsp3) is 0.625. The molecular formula is C16H23ClN2O. The maximum atomic E-state index is 12.5. The minimum Gasteiger partial charge on any atom is -0.339 e. The third kappa shape index (κ3) is 3.51. The number of halogens is 1. The van der Waals surface area contributed by atoms with E-state index in [9.17, 15) is 4.79 Å². The smallest absolute Gasteiger partial charge is 0.256 e. The summed E-state index contributed by atoms with van der Waals surface area (Å²) in [6.45, 7) is 8.48. The number of likely N-dealkylation sites (tertiary alicyclic amines) is 1. The van der Waals surface area contributed by atoms with Gasteiger partial charge in [0, 0.05) is 19.3 Å². The highest BCUT2D eigenvalue weighted by molar-refractivity contribution is 6.32. The van der Waals surface area contributed by atoms with Crippen molar-refractivity contribution in [3.8, 4) is 0 Å². The van der Waals surface area contributed by atoms with Crippen molar-refractivity contribution in [1.29, 1.82) is 0 Å². The van der Waals surface area contributed by atoms with E-state index in [1.54, 1.807) is 18.3 Å². The van der Waals surface area contributed by atoms with Crippen LogP contribution in [-0.4, -0.2) is 28.9 Å². The van der Waals surface area contributed by atoms with Gasteiger partial charge < -0.3 is 4.90 Å². The molecule has 3 nitrogen and oxygen atoms in total. The van der Waals surface area contributed by atoms with Crippen molar-refractivity contribution in [3.63, 3.8) is 0 Å². The zero-order chi connectivity index (χ0) is 14.8. The predicted molar refractivity (Wildman–Crippen MR) is 81.9 cm³/mol. The molecule has 0 aromatic carbocycles. The molecule has 1 aromatic rings. The first-order valence-electron chi connectivity index (χ1n) is 7.29. The molecule has 0 N–H and O–H groups in total. The van der Waals surface area contributed by atoms with Crippen LogP contribution in [0.15, 0.2) is 18.3 Å². The van der Waals surface area contributed by atoms with Crippen LogP contribution in [0.5, 0.6) is 0 Å². The normalized spacial score (nSPS) is 20.6. The molecule has 1 fully saturated rings. The fourth-order valence-corrected chi connectivity index (χ4v) is 3.08. The van der Waals surface area contributed by atoms with Crippen LogP contribution in [-0.2, 0) is 0 Å². The van der Waals surface area contributed by atoms with Gasteiger partial charge in [-0.15, -0.1) is 0 Å². The Morgan fingerprint density at radius 3 is 2.75 bits per heavy atom. The van der Waals surface area contributed by atoms with E-state index in [2.05, 4.69) is 25.8 Å². The lowest BCUT2D eigenvalue weighted by Crippen LogP contribution is -2.32. The Morgan fingerprint density at radius 2 is 2.10 bits per heavy atom. The van der Waals surface area contributed by atoms with Crippen LogP contribution in [0.1, 0.15) is 50.4 Å². The van der Waals surface area contributed by atoms with Gasteiger partial charge >= 0.3 is 0 Å². The molecule has 1 aromatic heterocycles. The summed E-state index contributed by atoms with van der Waals surface area (Å²) in [6.07, 6.45) is 4.92. The second-order valence-electron chi connectivity index (χ2n) is 6.63. The molecule has 20 heavy (non-hydrogen) atoms. The van der Waals surface area contributed by atoms with Gasteiger partial charge in [-0.2, -0.15) is 0 Å². The quantitative estimate of drug-likeness (QED) is 0.733. The second kappa shape index (κ2) is 6.13. The van der Waals surface area contributed by atoms with Crippen LogP contribution >= 0.6 is 11.6 Å². The summed E-state index contributed by atoms with van der Waals surface area (Å²) in [4.78, 5) is 18.4. The van der Waals surface area contributed by atoms with Gasteiger partial charge in [0.2, 0.25) is 0 Å². The molecule has 4 heteroatoms. The molecule has 0 saturated carbocycles. The SMILES string of the molecule is CC(C)(C)C1CCCN(C(=O)c2cccnc2Cl)CC1. The van der Waals surface area contributed by atoms with Crippen molar-refractivity contribution in [1.82, 2.24) is 9.88 Å². The van der Waals surface area contributed by atoms with Gasteiger partial charge in [0.05, 0.1) is 5.56 Å². The van der Waals surface area contributed by atoms with E-state index in [1.807, 2.05) is 4.90 Å². The Morgan fingerprint density at radius 1 is 1.35 bits per heavy atom. The van der Waals surface area contributed by atoms with Gasteiger partial charge in [-0.25, -0.2) is 4.98 Å². The summed E-state index contributed by atoms with van der Waals surface area (Å²) >= 11 is 6.02. The van der Waals surface area contributed by atoms with Crippen LogP contribution in [0.2, 0.25) is 5.15 Å². The fourth-order valence-electron chi connectivity index (χ4n) is 2.88. The van der Waals surface area contributed by atoms with Crippen molar-refractivity contribution < 1.29 is 4.79 Å². The number of pyridine rings is 1. The molecule has 0 bridgehead atoms. The molecule has 1 saturated heterocycles. The molecule has 1 atom stereocenters. The molecule has 1 unspecified atom stereocenters. The van der Waals surface area contributed by atoms with E-state index in [0.29, 0.717) is 22.0 Å². The number of amides is 1. The van der Waals surface area contributed by atoms with Gasteiger partial charge in [0.25, 0.3) is 5.91 Å². The largest absolute Gasteiger partial charge is 0.339 e. The van der Waals surface area contributed by atoms with Gasteiger partial charge in [-0.3, -0.25) is 4.79 Å². The maximum absolute atomic E-state index is 12.5. The summed E-state index contributed by atoms with van der Waals surface area (Å²) < 4.78 is 0. The van der Waals surface area contributed by atoms with E-state index >= 15 is 0 Å². The number of aromatic nitrogens is 1. The number of rotatable bonds is 1. The number of carbonyl (C=O) groups excluding carboxylic acids is 1. The molecule has 0 radical (unpaired) electrons. The zero-order valence-corrected chi connectivity index (χ0v) is 13.3. The molecular weight excluding hydrogens is 272 g/mol. The predicted octanol–water partition coefficient (Wildman–Crippen LogP) is 4.02. The Balaban J connectivity index is 2.08. The summed E-state index contributed by atoms with van der Waals surface area (Å²) in [5, 5.41) is 0.300. The summed E-state index contributed by atoms with van der Waals surface area (Å²) in [5.41, 5.74) is 0.828. The maximum Gasteiger partial charge on any atom is 0.256 e. The first-order valence-corrected chi connectivity index (χ1v) is 7.67. The topological polar surface area (TPSA) is 33.2 Å². The van der Waals surface area contributed by atoms with Crippen LogP contribution in [0.3, 0.4) is 0 Å². The number of carbonyl (C=O) groups is 1. The Bertz CT molecular complexity index is 482. The monoisotopic (exact) mass is 294 g/mol. The third-order valence-electron chi connectivity index (χ3n) is 4.23. The number of hydrogen-bond donors (Lipinski definition) is 0. The first-order chi connectivity index (χ1) is 9.39. The van der Waals surface area contributed by atoms with Gasteiger partial charge in [-0.1, -0.05) is 32.4 Å². The molecule has 1 aliphatic rings. The molecule has 1 amide bonds. The molecule has 2 heterocycles. The van der Waals surface area contributed by atoms with Crippen LogP contribution in [0.4, 0.5) is 0 Å². The summed E-state index contributed by atoms with van der Waals surface area (Å²) in [7, 11) is 0. The van der Waals surface area contributed by atoms with Gasteiger partial charge in [-0.05, 0) is 42.7 Å². The van der Waals surface area contributed by atoms with E-state index in [-0.39, 0.29) is 5.91 Å². The highest BCUT2D eigenvalue weighted by Crippen LogP contribution is 2.34. The zero-order valence-electron chi connectivity index (χ0n) is 12.5. The van der Waals surface area contributed by atoms with Crippen LogP contribution < -0.4 is 0 Å². The van der Waals surface area contributed by atoms with Crippen LogP contribution in [0.25, 0.3) is 0 Å². The number of hydrogen-bond acceptors (Lipinski definition) is 2. The Labute approximate surface area is 126 Å². The van der Waals surface area contributed by atoms with E-state index in [0.717, 1.165) is 25.9 Å². The molecule has 0 spiro atoms. The van der Waals surface area contributed by atoms with E-state index in [4.69, 9.17) is 11.6 Å². The third-order valence-corrected chi connectivity index (χ3v) is 4.53. The van der Waals surface area contributed by atoms with Crippen molar-refractivity contribution in [2.45, 2.75) is 40.0 Å². The molecule has 1 aliphatic heterocycles. The van der Waals surface area contributed by atoms with Crippen molar-refractivity contribution in [3.05, 3.63) is 29.0 Å². The van der Waals surface area contributed by atoms with E-state index in [1.165, 1.54) is 6.42 Å². The number of nitrogens with zero attached hydrogens (tertiary/aromatic N) is 2. The Hall–Kier alpha value is -1.09. The first kappa shape index (κ1) is 15.3. The highest BCUT2D eigenvalue weighted by atomic mass is 35.5. The molecule has 110 valence electrons. The molecule has 0 aliphatic carbocycles. The standard InChI is InChI=1S/C16H23ClN2O/c1-16(2,3)12-6-5-10-19(11-8-12)15(20)13-7-4-9-18-14(13)17/h4,7,9,12H,5-6,8,10-11H2,1-3H3. The van der Waals surface area contributed by atoms with Crippen LogP contribution in [0, 0.1) is 11.3 Å².